The number of esters is 1. The van der Waals surface area contributed by atoms with Crippen molar-refractivity contribution in [1.82, 2.24) is 4.98 Å². The number of nitro groups is 1. The topological polar surface area (TPSA) is 85.6 Å². The highest BCUT2D eigenvalue weighted by molar-refractivity contribution is 5.68. The van der Waals surface area contributed by atoms with Gasteiger partial charge in [0, 0.05) is 26.1 Å². The summed E-state index contributed by atoms with van der Waals surface area (Å²) in [6, 6.07) is 3.10. The maximum absolute atomic E-state index is 10.9. The van der Waals surface area contributed by atoms with E-state index in [9.17, 15) is 14.9 Å². The number of hydrogen-bond acceptors (Lipinski definition) is 6. The Morgan fingerprint density at radius 1 is 1.33 bits per heavy atom. The third-order valence-electron chi connectivity index (χ3n) is 3.21. The third-order valence-corrected chi connectivity index (χ3v) is 3.21. The zero-order chi connectivity index (χ0) is 15.7. The van der Waals surface area contributed by atoms with Gasteiger partial charge in [-0.05, 0) is 28.8 Å². The first-order valence-electron chi connectivity index (χ1n) is 6.93. The molecule has 116 valence electrons. The van der Waals surface area contributed by atoms with Crippen LogP contribution in [0.15, 0.2) is 18.3 Å². The number of carbonyl (C=O) groups excluding carboxylic acids is 1. The summed E-state index contributed by atoms with van der Waals surface area (Å²) >= 11 is 0. The predicted molar refractivity (Wildman–Crippen MR) is 79.3 cm³/mol. The van der Waals surface area contributed by atoms with Crippen LogP contribution in [-0.4, -0.2) is 36.6 Å². The minimum Gasteiger partial charge on any atom is -0.469 e. The van der Waals surface area contributed by atoms with Crippen LogP contribution in [0.4, 0.5) is 11.5 Å². The van der Waals surface area contributed by atoms with E-state index < -0.39 is 4.92 Å². The number of methoxy groups -OCH3 is 1. The second kappa shape index (κ2) is 8.89. The van der Waals surface area contributed by atoms with Gasteiger partial charge >= 0.3 is 11.8 Å². The van der Waals surface area contributed by atoms with Gasteiger partial charge in [-0.2, -0.15) is 0 Å². The Morgan fingerprint density at radius 2 is 2.05 bits per heavy atom. The first-order valence-corrected chi connectivity index (χ1v) is 6.93. The molecule has 0 atom stereocenters. The number of nitrogens with zero attached hydrogens (tertiary/aromatic N) is 3. The first-order chi connectivity index (χ1) is 10.0. The van der Waals surface area contributed by atoms with Crippen molar-refractivity contribution in [3.05, 3.63) is 28.4 Å². The van der Waals surface area contributed by atoms with Crippen molar-refractivity contribution in [3.63, 3.8) is 0 Å². The summed E-state index contributed by atoms with van der Waals surface area (Å²) in [5.74, 6) is -0.306. The maximum Gasteiger partial charge on any atom is 0.363 e. The van der Waals surface area contributed by atoms with Gasteiger partial charge in [0.05, 0.1) is 12.8 Å². The fourth-order valence-corrected chi connectivity index (χ4v) is 1.92. The largest absolute Gasteiger partial charge is 0.469 e. The fourth-order valence-electron chi connectivity index (χ4n) is 1.92. The lowest BCUT2D eigenvalue weighted by Gasteiger charge is -2.17. The van der Waals surface area contributed by atoms with Crippen molar-refractivity contribution < 1.29 is 14.5 Å². The van der Waals surface area contributed by atoms with Gasteiger partial charge in [0.25, 0.3) is 0 Å². The highest BCUT2D eigenvalue weighted by atomic mass is 16.6. The van der Waals surface area contributed by atoms with Gasteiger partial charge in [-0.1, -0.05) is 12.8 Å². The SMILES string of the molecule is COC(=O)CCCCCCN(C)c1ccc([N+](=O)[O-])nc1. The van der Waals surface area contributed by atoms with Gasteiger partial charge in [0.1, 0.15) is 0 Å². The lowest BCUT2D eigenvalue weighted by Crippen LogP contribution is -2.18. The molecule has 0 aliphatic carbocycles. The summed E-state index contributed by atoms with van der Waals surface area (Å²) in [6.07, 6.45) is 5.83. The highest BCUT2D eigenvalue weighted by Gasteiger charge is 2.08. The van der Waals surface area contributed by atoms with Crippen molar-refractivity contribution in [1.29, 1.82) is 0 Å². The van der Waals surface area contributed by atoms with Crippen molar-refractivity contribution in [2.45, 2.75) is 32.1 Å². The molecule has 0 aliphatic rings. The molecule has 1 rings (SSSR count). The molecule has 1 heterocycles. The van der Waals surface area contributed by atoms with Gasteiger partial charge in [-0.3, -0.25) is 4.79 Å². The second-order valence-corrected chi connectivity index (χ2v) is 4.79. The van der Waals surface area contributed by atoms with Crippen molar-refractivity contribution in [2.75, 3.05) is 25.6 Å². The Hall–Kier alpha value is -2.18. The normalized spacial score (nSPS) is 10.2. The van der Waals surface area contributed by atoms with E-state index in [0.717, 1.165) is 37.9 Å². The average molecular weight is 295 g/mol. The molecule has 0 aliphatic heterocycles. The average Bonchev–Trinajstić information content (AvgIpc) is 2.50. The summed E-state index contributed by atoms with van der Waals surface area (Å²) in [5.41, 5.74) is 0.857. The molecule has 0 N–H and O–H groups in total. The number of ether oxygens (including phenoxy) is 1. The van der Waals surface area contributed by atoms with Crippen LogP contribution < -0.4 is 4.90 Å². The first kappa shape index (κ1) is 16.9. The maximum atomic E-state index is 10.9. The van der Waals surface area contributed by atoms with E-state index in [1.165, 1.54) is 19.4 Å². The molecule has 7 heteroatoms. The quantitative estimate of drug-likeness (QED) is 0.301. The van der Waals surface area contributed by atoms with Crippen LogP contribution in [0.1, 0.15) is 32.1 Å². The Bertz CT molecular complexity index is 462. The van der Waals surface area contributed by atoms with Gasteiger partial charge in [0.2, 0.25) is 0 Å². The Morgan fingerprint density at radius 3 is 2.62 bits per heavy atom. The van der Waals surface area contributed by atoms with E-state index in [2.05, 4.69) is 9.72 Å². The van der Waals surface area contributed by atoms with Crippen LogP contribution >= 0.6 is 0 Å². The molecule has 0 saturated heterocycles. The molecular weight excluding hydrogens is 274 g/mol. The van der Waals surface area contributed by atoms with Crippen molar-refractivity contribution in [2.24, 2.45) is 0 Å². The number of anilines is 1. The Balaban J connectivity index is 2.23. The molecule has 0 fully saturated rings. The monoisotopic (exact) mass is 295 g/mol. The van der Waals surface area contributed by atoms with Gasteiger partial charge in [0.15, 0.2) is 6.20 Å². The number of unbranched alkanes of at least 4 members (excludes halogenated alkanes) is 3. The second-order valence-electron chi connectivity index (χ2n) is 4.79. The van der Waals surface area contributed by atoms with Crippen LogP contribution in [0.3, 0.4) is 0 Å². The number of pyridine rings is 1. The number of aromatic nitrogens is 1. The zero-order valence-electron chi connectivity index (χ0n) is 12.4. The molecule has 0 spiro atoms. The van der Waals surface area contributed by atoms with Crippen LogP contribution in [0, 0.1) is 10.1 Å². The molecule has 7 nitrogen and oxygen atoms in total. The smallest absolute Gasteiger partial charge is 0.363 e. The van der Waals surface area contributed by atoms with E-state index in [1.54, 1.807) is 6.07 Å². The van der Waals surface area contributed by atoms with Crippen LogP contribution in [0.5, 0.6) is 0 Å². The van der Waals surface area contributed by atoms with Gasteiger partial charge in [-0.25, -0.2) is 0 Å². The van der Waals surface area contributed by atoms with E-state index >= 15 is 0 Å². The minimum atomic E-state index is -0.509. The Labute approximate surface area is 124 Å². The predicted octanol–water partition coefficient (Wildman–Crippen LogP) is 2.55. The molecule has 0 unspecified atom stereocenters. The lowest BCUT2D eigenvalue weighted by atomic mass is 10.1. The fraction of sp³-hybridized carbons (Fsp3) is 0.571. The molecule has 0 amide bonds. The molecule has 21 heavy (non-hydrogen) atoms. The van der Waals surface area contributed by atoms with Gasteiger partial charge < -0.3 is 19.8 Å². The Kier molecular flexibility index (Phi) is 7.14. The van der Waals surface area contributed by atoms with E-state index in [-0.39, 0.29) is 11.8 Å². The summed E-state index contributed by atoms with van der Waals surface area (Å²) in [7, 11) is 3.33. The van der Waals surface area contributed by atoms with E-state index in [0.29, 0.717) is 6.42 Å². The van der Waals surface area contributed by atoms with Crippen LogP contribution in [0.25, 0.3) is 0 Å². The molecule has 0 radical (unpaired) electrons. The molecular formula is C14H21N3O4. The molecule has 1 aromatic rings. The molecule has 0 saturated carbocycles. The van der Waals surface area contributed by atoms with Gasteiger partial charge in [-0.15, -0.1) is 0 Å². The lowest BCUT2D eigenvalue weighted by molar-refractivity contribution is -0.389. The zero-order valence-corrected chi connectivity index (χ0v) is 12.4. The summed E-state index contributed by atoms with van der Waals surface area (Å²) < 4.78 is 4.58. The summed E-state index contributed by atoms with van der Waals surface area (Å²) in [5, 5.41) is 10.5. The number of rotatable bonds is 9. The highest BCUT2D eigenvalue weighted by Crippen LogP contribution is 2.15. The van der Waals surface area contributed by atoms with E-state index in [1.807, 2.05) is 11.9 Å². The number of carbonyl (C=O) groups is 1. The third kappa shape index (κ3) is 6.20. The standard InChI is InChI=1S/C14H21N3O4/c1-16(10-6-4-3-5-7-14(18)21-2)12-8-9-13(15-11-12)17(19)20/h8-9,11H,3-7,10H2,1-2H3. The minimum absolute atomic E-state index is 0.144. The van der Waals surface area contributed by atoms with Crippen molar-refractivity contribution in [3.8, 4) is 0 Å². The molecule has 0 bridgehead atoms. The van der Waals surface area contributed by atoms with Crippen molar-refractivity contribution >= 4 is 17.5 Å². The van der Waals surface area contributed by atoms with E-state index in [4.69, 9.17) is 0 Å². The molecule has 1 aromatic heterocycles. The van der Waals surface area contributed by atoms with Crippen LogP contribution in [0.2, 0.25) is 0 Å². The van der Waals surface area contributed by atoms with Crippen LogP contribution in [-0.2, 0) is 9.53 Å². The summed E-state index contributed by atoms with van der Waals surface area (Å²) in [6.45, 7) is 0.845. The summed E-state index contributed by atoms with van der Waals surface area (Å²) in [4.78, 5) is 26.7. The molecule has 0 aromatic carbocycles. The number of hydrogen-bond donors (Lipinski definition) is 0.